The summed E-state index contributed by atoms with van der Waals surface area (Å²) in [4.78, 5) is 14.8. The van der Waals surface area contributed by atoms with Crippen molar-refractivity contribution in [1.29, 1.82) is 0 Å². The number of carbonyl (C=O) groups is 1. The maximum Gasteiger partial charge on any atom is 0.573 e. The van der Waals surface area contributed by atoms with Gasteiger partial charge in [-0.1, -0.05) is 15.9 Å². The molecule has 0 atom stereocenters. The number of nitrogens with zero attached hydrogens (tertiary/aromatic N) is 1. The smallest absolute Gasteiger partial charge is 0.506 e. The second kappa shape index (κ2) is 6.09. The maximum absolute atomic E-state index is 12.1. The Balaban J connectivity index is 3.10. The molecule has 1 N–H and O–H groups in total. The molecule has 0 spiro atoms. The quantitative estimate of drug-likeness (QED) is 0.671. The fraction of sp³-hybridized carbons (Fsp3) is 0.400. The Morgan fingerprint density at radius 2 is 2.11 bits per heavy atom. The van der Waals surface area contributed by atoms with E-state index in [0.717, 1.165) is 13.2 Å². The SMILES string of the molecule is COC(=O)Cc1nc(CBr)c(OC(F)(F)F)cc1O. The van der Waals surface area contributed by atoms with Gasteiger partial charge in [-0.25, -0.2) is 4.98 Å². The van der Waals surface area contributed by atoms with Gasteiger partial charge in [0.1, 0.15) is 5.75 Å². The first-order valence-corrected chi connectivity index (χ1v) is 5.99. The molecule has 9 heteroatoms. The molecule has 1 rings (SSSR count). The Hall–Kier alpha value is -1.51. The average Bonchev–Trinajstić information content (AvgIpc) is 2.30. The van der Waals surface area contributed by atoms with E-state index in [1.807, 2.05) is 0 Å². The Bertz CT molecular complexity index is 479. The summed E-state index contributed by atoms with van der Waals surface area (Å²) in [6.45, 7) is 0. The number of alkyl halides is 4. The van der Waals surface area contributed by atoms with Crippen molar-refractivity contribution in [2.75, 3.05) is 7.11 Å². The largest absolute Gasteiger partial charge is 0.573 e. The van der Waals surface area contributed by atoms with Crippen molar-refractivity contribution < 1.29 is 32.5 Å². The molecule has 0 aliphatic carbocycles. The van der Waals surface area contributed by atoms with E-state index >= 15 is 0 Å². The molecule has 5 nitrogen and oxygen atoms in total. The van der Waals surface area contributed by atoms with Crippen molar-refractivity contribution in [3.05, 3.63) is 17.5 Å². The van der Waals surface area contributed by atoms with Crippen molar-refractivity contribution in [3.63, 3.8) is 0 Å². The topological polar surface area (TPSA) is 68.7 Å². The second-order valence-corrected chi connectivity index (χ2v) is 3.89. The highest BCUT2D eigenvalue weighted by Gasteiger charge is 2.33. The van der Waals surface area contributed by atoms with Crippen LogP contribution in [0.3, 0.4) is 0 Å². The number of hydrogen-bond acceptors (Lipinski definition) is 5. The number of aromatic hydroxyl groups is 1. The van der Waals surface area contributed by atoms with Gasteiger partial charge in [0, 0.05) is 11.4 Å². The van der Waals surface area contributed by atoms with Crippen LogP contribution >= 0.6 is 15.9 Å². The number of carbonyl (C=O) groups excluding carboxylic acids is 1. The number of halogens is 4. The third kappa shape index (κ3) is 4.58. The molecule has 0 bridgehead atoms. The summed E-state index contributed by atoms with van der Waals surface area (Å²) >= 11 is 2.95. The Morgan fingerprint density at radius 1 is 1.47 bits per heavy atom. The van der Waals surface area contributed by atoms with Gasteiger partial charge >= 0.3 is 12.3 Å². The molecule has 0 saturated carbocycles. The molecule has 0 aromatic carbocycles. The van der Waals surface area contributed by atoms with Crippen LogP contribution in [0.2, 0.25) is 0 Å². The van der Waals surface area contributed by atoms with Gasteiger partial charge in [-0.2, -0.15) is 0 Å². The van der Waals surface area contributed by atoms with Gasteiger partial charge in [-0.05, 0) is 0 Å². The lowest BCUT2D eigenvalue weighted by atomic mass is 10.2. The average molecular weight is 344 g/mol. The number of methoxy groups -OCH3 is 1. The highest BCUT2D eigenvalue weighted by molar-refractivity contribution is 9.08. The number of ether oxygens (including phenoxy) is 2. The van der Waals surface area contributed by atoms with Gasteiger partial charge in [-0.15, -0.1) is 13.2 Å². The lowest BCUT2D eigenvalue weighted by Crippen LogP contribution is -2.19. The predicted octanol–water partition coefficient (Wildman–Crippen LogP) is 2.30. The molecule has 1 heterocycles. The van der Waals surface area contributed by atoms with Crippen LogP contribution in [0.25, 0.3) is 0 Å². The highest BCUT2D eigenvalue weighted by atomic mass is 79.9. The maximum atomic E-state index is 12.1. The molecule has 0 amide bonds. The highest BCUT2D eigenvalue weighted by Crippen LogP contribution is 2.31. The van der Waals surface area contributed by atoms with Crippen LogP contribution in [-0.2, 0) is 21.3 Å². The predicted molar refractivity (Wildman–Crippen MR) is 60.9 cm³/mol. The summed E-state index contributed by atoms with van der Waals surface area (Å²) < 4.78 is 44.5. The molecular formula is C10H9BrF3NO4. The fourth-order valence-electron chi connectivity index (χ4n) is 1.21. The number of aromatic nitrogens is 1. The monoisotopic (exact) mass is 343 g/mol. The third-order valence-corrected chi connectivity index (χ3v) is 2.54. The van der Waals surface area contributed by atoms with Crippen LogP contribution in [0.15, 0.2) is 6.07 Å². The first-order chi connectivity index (χ1) is 8.76. The van der Waals surface area contributed by atoms with Gasteiger partial charge in [0.05, 0.1) is 24.9 Å². The molecule has 106 valence electrons. The van der Waals surface area contributed by atoms with E-state index < -0.39 is 23.8 Å². The number of esters is 1. The van der Waals surface area contributed by atoms with Gasteiger partial charge in [0.15, 0.2) is 5.75 Å². The summed E-state index contributed by atoms with van der Waals surface area (Å²) in [5.41, 5.74) is -0.176. The Labute approximate surface area is 114 Å². The van der Waals surface area contributed by atoms with Gasteiger partial charge in [0.2, 0.25) is 0 Å². The molecule has 1 aromatic heterocycles. The van der Waals surface area contributed by atoms with E-state index in [0.29, 0.717) is 0 Å². The third-order valence-electron chi connectivity index (χ3n) is 2.01. The Kier molecular flexibility index (Phi) is 4.98. The fourth-order valence-corrected chi connectivity index (χ4v) is 1.62. The Morgan fingerprint density at radius 3 is 2.58 bits per heavy atom. The van der Waals surface area contributed by atoms with Crippen LogP contribution in [-0.4, -0.2) is 29.5 Å². The zero-order valence-electron chi connectivity index (χ0n) is 9.62. The zero-order chi connectivity index (χ0) is 14.6. The van der Waals surface area contributed by atoms with Crippen LogP contribution in [0.1, 0.15) is 11.4 Å². The molecule has 1 aromatic rings. The van der Waals surface area contributed by atoms with Crippen molar-refractivity contribution in [2.45, 2.75) is 18.1 Å². The molecular weight excluding hydrogens is 335 g/mol. The lowest BCUT2D eigenvalue weighted by molar-refractivity contribution is -0.275. The summed E-state index contributed by atoms with van der Waals surface area (Å²) in [5, 5.41) is 9.48. The molecule has 0 fully saturated rings. The number of pyridine rings is 1. The molecule has 0 radical (unpaired) electrons. The van der Waals surface area contributed by atoms with Crippen LogP contribution in [0, 0.1) is 0 Å². The normalized spacial score (nSPS) is 11.2. The van der Waals surface area contributed by atoms with E-state index in [-0.39, 0.29) is 23.1 Å². The van der Waals surface area contributed by atoms with E-state index in [9.17, 15) is 23.1 Å². The number of hydrogen-bond donors (Lipinski definition) is 1. The van der Waals surface area contributed by atoms with Gasteiger partial charge < -0.3 is 14.6 Å². The van der Waals surface area contributed by atoms with E-state index in [2.05, 4.69) is 30.4 Å². The number of rotatable bonds is 4. The minimum Gasteiger partial charge on any atom is -0.506 e. The molecule has 0 aliphatic heterocycles. The minimum absolute atomic E-state index is 0.0349. The molecule has 0 unspecified atom stereocenters. The minimum atomic E-state index is -4.89. The summed E-state index contributed by atoms with van der Waals surface area (Å²) in [7, 11) is 1.14. The van der Waals surface area contributed by atoms with Crippen LogP contribution in [0.5, 0.6) is 11.5 Å². The van der Waals surface area contributed by atoms with Crippen LogP contribution < -0.4 is 4.74 Å². The van der Waals surface area contributed by atoms with Crippen molar-refractivity contribution in [1.82, 2.24) is 4.98 Å². The van der Waals surface area contributed by atoms with Crippen molar-refractivity contribution >= 4 is 21.9 Å². The molecule has 0 saturated heterocycles. The van der Waals surface area contributed by atoms with Crippen LogP contribution in [0.4, 0.5) is 13.2 Å². The summed E-state index contributed by atoms with van der Waals surface area (Å²) in [6.07, 6.45) is -5.25. The zero-order valence-corrected chi connectivity index (χ0v) is 11.2. The molecule has 19 heavy (non-hydrogen) atoms. The van der Waals surface area contributed by atoms with E-state index in [4.69, 9.17) is 0 Å². The van der Waals surface area contributed by atoms with E-state index in [1.165, 1.54) is 0 Å². The first kappa shape index (κ1) is 15.5. The van der Waals surface area contributed by atoms with E-state index in [1.54, 1.807) is 0 Å². The van der Waals surface area contributed by atoms with Gasteiger partial charge in [0.25, 0.3) is 0 Å². The standard InChI is InChI=1S/C10H9BrF3NO4/c1-18-9(17)2-5-7(16)3-8(6(4-11)15-5)19-10(12,13)14/h3,16H,2,4H2,1H3. The van der Waals surface area contributed by atoms with Crippen molar-refractivity contribution in [3.8, 4) is 11.5 Å². The first-order valence-electron chi connectivity index (χ1n) is 4.87. The molecule has 0 aliphatic rings. The summed E-state index contributed by atoms with van der Waals surface area (Å²) in [5.74, 6) is -1.88. The van der Waals surface area contributed by atoms with Crippen molar-refractivity contribution in [2.24, 2.45) is 0 Å². The van der Waals surface area contributed by atoms with Gasteiger partial charge in [-0.3, -0.25) is 4.79 Å². The lowest BCUT2D eigenvalue weighted by Gasteiger charge is -2.13. The second-order valence-electron chi connectivity index (χ2n) is 3.33. The summed E-state index contributed by atoms with van der Waals surface area (Å²) in [6, 6.07) is 0.759.